The van der Waals surface area contributed by atoms with Crippen LogP contribution in [0.15, 0.2) is 97.2 Å². The van der Waals surface area contributed by atoms with Gasteiger partial charge < -0.3 is 20.9 Å². The Kier molecular flexibility index (Phi) is 30.0. The normalized spacial score (nSPS) is 14.0. The molecule has 0 rings (SSSR count). The maximum Gasteiger partial charge on any atom is 0.326 e. The van der Waals surface area contributed by atoms with Crippen molar-refractivity contribution in [2.24, 2.45) is 5.73 Å². The van der Waals surface area contributed by atoms with Crippen LogP contribution < -0.4 is 11.1 Å². The van der Waals surface area contributed by atoms with Crippen molar-refractivity contribution in [3.63, 3.8) is 0 Å². The summed E-state index contributed by atoms with van der Waals surface area (Å²) in [5.74, 6) is -1.56. The smallest absolute Gasteiger partial charge is 0.326 e. The lowest BCUT2D eigenvalue weighted by atomic mass is 10.1. The quantitative estimate of drug-likeness (QED) is 0.0449. The van der Waals surface area contributed by atoms with E-state index in [1.165, 1.54) is 0 Å². The number of rotatable bonds is 28. The summed E-state index contributed by atoms with van der Waals surface area (Å²) in [6.07, 6.45) is 43.7. The second kappa shape index (κ2) is 32.7. The van der Waals surface area contributed by atoms with Crippen molar-refractivity contribution >= 4 is 17.8 Å². The van der Waals surface area contributed by atoms with Crippen LogP contribution in [0.25, 0.3) is 0 Å². The first-order valence-corrected chi connectivity index (χ1v) is 17.1. The lowest BCUT2D eigenvalue weighted by Crippen LogP contribution is -2.40. The van der Waals surface area contributed by atoms with Gasteiger partial charge in [-0.15, -0.1) is 0 Å². The number of nitrogens with two attached hydrogens (primary N) is 1. The Bertz CT molecular complexity index is 1030. The van der Waals surface area contributed by atoms with Gasteiger partial charge in [0.2, 0.25) is 5.91 Å². The van der Waals surface area contributed by atoms with Gasteiger partial charge in [-0.25, -0.2) is 4.79 Å². The second-order valence-corrected chi connectivity index (χ2v) is 10.8. The van der Waals surface area contributed by atoms with E-state index < -0.39 is 18.1 Å². The van der Waals surface area contributed by atoms with Gasteiger partial charge >= 0.3 is 11.9 Å². The fraction of sp³-hybridized carbons (Fsp3) is 0.513. The highest BCUT2D eigenvalue weighted by Gasteiger charge is 2.18. The van der Waals surface area contributed by atoms with Crippen LogP contribution in [0.1, 0.15) is 110 Å². The average Bonchev–Trinajstić information content (AvgIpc) is 3.03. The molecule has 0 aliphatic carbocycles. The molecule has 4 N–H and O–H groups in total. The number of unbranched alkanes of at least 4 members (excludes halogenated alkanes) is 3. The molecule has 0 fully saturated rings. The molecule has 0 aromatic carbocycles. The lowest BCUT2D eigenvalue weighted by Gasteiger charge is -2.13. The van der Waals surface area contributed by atoms with Crippen LogP contribution in [0.3, 0.4) is 0 Å². The minimum Gasteiger partial charge on any atom is -0.480 e. The van der Waals surface area contributed by atoms with Gasteiger partial charge in [0.05, 0.1) is 6.42 Å². The van der Waals surface area contributed by atoms with Crippen molar-refractivity contribution < 1.29 is 24.2 Å². The summed E-state index contributed by atoms with van der Waals surface area (Å²) in [6.45, 7) is 4.62. The molecule has 7 nitrogen and oxygen atoms in total. The van der Waals surface area contributed by atoms with Gasteiger partial charge in [-0.1, -0.05) is 105 Å². The Balaban J connectivity index is 4.48. The molecule has 0 radical (unpaired) electrons. The first-order chi connectivity index (χ1) is 22.4. The van der Waals surface area contributed by atoms with Gasteiger partial charge in [-0.2, -0.15) is 0 Å². The van der Waals surface area contributed by atoms with Crippen molar-refractivity contribution in [3.8, 4) is 0 Å². The molecule has 0 saturated heterocycles. The number of hydrogen-bond donors (Lipinski definition) is 3. The van der Waals surface area contributed by atoms with E-state index in [1.54, 1.807) is 0 Å². The molecule has 0 heterocycles. The van der Waals surface area contributed by atoms with E-state index in [1.807, 2.05) is 36.5 Å². The second-order valence-electron chi connectivity index (χ2n) is 10.8. The van der Waals surface area contributed by atoms with Crippen LogP contribution in [0.5, 0.6) is 0 Å². The van der Waals surface area contributed by atoms with E-state index >= 15 is 0 Å². The van der Waals surface area contributed by atoms with Crippen LogP contribution in [-0.4, -0.2) is 41.6 Å². The highest BCUT2D eigenvalue weighted by atomic mass is 16.5. The fourth-order valence-corrected chi connectivity index (χ4v) is 4.13. The summed E-state index contributed by atoms with van der Waals surface area (Å²) < 4.78 is 5.69. The van der Waals surface area contributed by atoms with Gasteiger partial charge in [0, 0.05) is 6.42 Å². The molecule has 0 aliphatic rings. The number of ether oxygens (including phenoxy) is 1. The number of carbonyl (C=O) groups excluding carboxylic acids is 2. The van der Waals surface area contributed by atoms with E-state index in [-0.39, 0.29) is 18.3 Å². The number of carboxylic acid groups (broad SMARTS) is 1. The zero-order chi connectivity index (χ0) is 33.9. The maximum absolute atomic E-state index is 12.5. The fourth-order valence-electron chi connectivity index (χ4n) is 4.13. The molecule has 0 spiro atoms. The summed E-state index contributed by atoms with van der Waals surface area (Å²) in [5, 5.41) is 11.8. The standard InChI is InChI=1S/C39H60N2O5/c1-3-5-7-9-10-11-12-13-14-15-16-17-18-23-27-33-38(43)46-35(29-24-20-8-6-4-2)30-25-21-19-22-26-32-37(42)41-36(39(44)45)31-28-34-40/h5-8,10-11,13-14,16-17,23-25,27,29-30,35-36H,3-4,9,12,15,18-22,26,28,31-34,40H2,1-2H3,(H,41,42)(H,44,45)/b7-5-,8-6-,11-10-,14-13-,17-16-,27-23-,29-24-,30-25-. The molecule has 0 bridgehead atoms. The summed E-state index contributed by atoms with van der Waals surface area (Å²) in [6, 6.07) is -0.884. The molecule has 0 aromatic rings. The van der Waals surface area contributed by atoms with E-state index in [0.717, 1.165) is 64.2 Å². The highest BCUT2D eigenvalue weighted by Crippen LogP contribution is 2.08. The molecule has 256 valence electrons. The van der Waals surface area contributed by atoms with Crippen molar-refractivity contribution in [1.29, 1.82) is 0 Å². The lowest BCUT2D eigenvalue weighted by molar-refractivity contribution is -0.144. The third kappa shape index (κ3) is 29.0. The van der Waals surface area contributed by atoms with Crippen LogP contribution in [-0.2, 0) is 19.1 Å². The Morgan fingerprint density at radius 2 is 1.20 bits per heavy atom. The van der Waals surface area contributed by atoms with Gasteiger partial charge in [0.15, 0.2) is 0 Å². The SMILES string of the molecule is CC/C=C\C/C=C\C/C=C\C/C=C\C/C=C\CC(=O)OC(/C=C\C/C=C\CC)/C=C\CCCCCC(=O)NC(CCCN)C(=O)O. The van der Waals surface area contributed by atoms with E-state index in [4.69, 9.17) is 10.5 Å². The minimum absolute atomic E-state index is 0.221. The Labute approximate surface area is 278 Å². The van der Waals surface area contributed by atoms with Crippen LogP contribution in [0.4, 0.5) is 0 Å². The van der Waals surface area contributed by atoms with Gasteiger partial charge in [-0.3, -0.25) is 9.59 Å². The first kappa shape index (κ1) is 42.3. The Morgan fingerprint density at radius 1 is 0.674 bits per heavy atom. The van der Waals surface area contributed by atoms with E-state index in [2.05, 4.69) is 79.9 Å². The van der Waals surface area contributed by atoms with Crippen molar-refractivity contribution in [2.45, 2.75) is 122 Å². The number of hydrogen-bond acceptors (Lipinski definition) is 5. The third-order valence-corrected chi connectivity index (χ3v) is 6.64. The predicted molar refractivity (Wildman–Crippen MR) is 192 cm³/mol. The maximum atomic E-state index is 12.5. The molecule has 7 heteroatoms. The number of amides is 1. The summed E-state index contributed by atoms with van der Waals surface area (Å²) in [4.78, 5) is 35.8. The molecule has 0 aromatic heterocycles. The summed E-state index contributed by atoms with van der Waals surface area (Å²) >= 11 is 0. The molecule has 0 saturated carbocycles. The van der Waals surface area contributed by atoms with Crippen LogP contribution in [0.2, 0.25) is 0 Å². The van der Waals surface area contributed by atoms with Gasteiger partial charge in [-0.05, 0) is 95.7 Å². The third-order valence-electron chi connectivity index (χ3n) is 6.64. The molecule has 0 aliphatic heterocycles. The summed E-state index contributed by atoms with van der Waals surface area (Å²) in [5.41, 5.74) is 5.44. The van der Waals surface area contributed by atoms with Gasteiger partial charge in [0.1, 0.15) is 12.1 Å². The van der Waals surface area contributed by atoms with Crippen molar-refractivity contribution in [3.05, 3.63) is 97.2 Å². The number of carbonyl (C=O) groups is 3. The Morgan fingerprint density at radius 3 is 1.74 bits per heavy atom. The first-order valence-electron chi connectivity index (χ1n) is 17.1. The number of allylic oxidation sites excluding steroid dienone is 13. The van der Waals surface area contributed by atoms with Crippen molar-refractivity contribution in [1.82, 2.24) is 5.32 Å². The zero-order valence-electron chi connectivity index (χ0n) is 28.4. The molecular formula is C39H60N2O5. The van der Waals surface area contributed by atoms with Crippen LogP contribution in [0, 0.1) is 0 Å². The predicted octanol–water partition coefficient (Wildman–Crippen LogP) is 8.77. The van der Waals surface area contributed by atoms with Crippen molar-refractivity contribution in [2.75, 3.05) is 6.54 Å². The van der Waals surface area contributed by atoms with E-state index in [0.29, 0.717) is 32.2 Å². The van der Waals surface area contributed by atoms with Crippen LogP contribution >= 0.6 is 0 Å². The minimum atomic E-state index is -1.03. The topological polar surface area (TPSA) is 119 Å². The molecule has 2 unspecified atom stereocenters. The number of aliphatic carboxylic acids is 1. The monoisotopic (exact) mass is 636 g/mol. The Hall–Kier alpha value is -3.71. The molecule has 1 amide bonds. The number of carboxylic acids is 1. The average molecular weight is 637 g/mol. The van der Waals surface area contributed by atoms with Gasteiger partial charge in [0.25, 0.3) is 0 Å². The highest BCUT2D eigenvalue weighted by molar-refractivity contribution is 5.83. The summed E-state index contributed by atoms with van der Waals surface area (Å²) in [7, 11) is 0. The molecule has 2 atom stereocenters. The number of esters is 1. The molecule has 46 heavy (non-hydrogen) atoms. The number of nitrogens with one attached hydrogen (secondary N) is 1. The largest absolute Gasteiger partial charge is 0.480 e. The molecular weight excluding hydrogens is 576 g/mol. The van der Waals surface area contributed by atoms with E-state index in [9.17, 15) is 19.5 Å². The zero-order valence-corrected chi connectivity index (χ0v) is 28.4.